The monoisotopic (exact) mass is 379 g/mol. The Morgan fingerprint density at radius 1 is 1.53 bits per heavy atom. The quantitative estimate of drug-likeness (QED) is 0.459. The lowest BCUT2D eigenvalue weighted by Crippen LogP contribution is -2.40. The zero-order chi connectivity index (χ0) is 13.0. The fourth-order valence-corrected chi connectivity index (χ4v) is 1.72. The molecule has 108 valence electrons. The Balaban J connectivity index is 0.00000180. The van der Waals surface area contributed by atoms with Crippen molar-refractivity contribution < 1.29 is 4.52 Å². The first kappa shape index (κ1) is 16.2. The van der Waals surface area contributed by atoms with E-state index in [1.165, 1.54) is 6.42 Å². The van der Waals surface area contributed by atoms with E-state index < -0.39 is 0 Å². The Bertz CT molecular complexity index is 420. The van der Waals surface area contributed by atoms with Crippen molar-refractivity contribution in [1.82, 2.24) is 20.8 Å². The van der Waals surface area contributed by atoms with Gasteiger partial charge in [0.1, 0.15) is 0 Å². The summed E-state index contributed by atoms with van der Waals surface area (Å²) in [7, 11) is 1.78. The minimum Gasteiger partial charge on any atom is -0.356 e. The van der Waals surface area contributed by atoms with Crippen molar-refractivity contribution >= 4 is 29.9 Å². The summed E-state index contributed by atoms with van der Waals surface area (Å²) in [6, 6.07) is 0.577. The molecule has 1 saturated carbocycles. The van der Waals surface area contributed by atoms with Gasteiger partial charge in [0.05, 0.1) is 0 Å². The second-order valence-electron chi connectivity index (χ2n) is 4.67. The molecule has 2 unspecified atom stereocenters. The number of hydrogen-bond donors (Lipinski definition) is 2. The molecule has 1 heterocycles. The number of rotatable bonds is 5. The molecule has 0 saturated heterocycles. The first-order valence-corrected chi connectivity index (χ1v) is 6.51. The van der Waals surface area contributed by atoms with Crippen LogP contribution in [-0.4, -0.2) is 35.7 Å². The predicted molar refractivity (Wildman–Crippen MR) is 84.9 cm³/mol. The molecule has 0 bridgehead atoms. The van der Waals surface area contributed by atoms with Crippen molar-refractivity contribution in [1.29, 1.82) is 0 Å². The molecule has 1 aliphatic rings. The third kappa shape index (κ3) is 4.96. The number of aromatic nitrogens is 2. The second kappa shape index (κ2) is 7.66. The standard InChI is InChI=1S/C12H21N5O.HI/c1-4-11-16-10(17-18-11)5-6-14-12(13-3)15-9-7-8(9)2;/h8-9H,4-7H2,1-3H3,(H2,13,14,15);1H. The molecule has 19 heavy (non-hydrogen) atoms. The Kier molecular flexibility index (Phi) is 6.53. The summed E-state index contributed by atoms with van der Waals surface area (Å²) in [4.78, 5) is 8.44. The minimum absolute atomic E-state index is 0. The molecule has 2 atom stereocenters. The van der Waals surface area contributed by atoms with Gasteiger partial charge < -0.3 is 15.2 Å². The van der Waals surface area contributed by atoms with E-state index in [1.54, 1.807) is 7.05 Å². The maximum atomic E-state index is 5.05. The van der Waals surface area contributed by atoms with E-state index >= 15 is 0 Å². The van der Waals surface area contributed by atoms with Crippen molar-refractivity contribution in [3.63, 3.8) is 0 Å². The van der Waals surface area contributed by atoms with Crippen LogP contribution in [0.2, 0.25) is 0 Å². The Labute approximate surface area is 130 Å². The Hall–Kier alpha value is -0.860. The average molecular weight is 379 g/mol. The molecular formula is C12H22IN5O. The fourth-order valence-electron chi connectivity index (χ4n) is 1.72. The van der Waals surface area contributed by atoms with Gasteiger partial charge in [-0.25, -0.2) is 0 Å². The molecule has 1 aliphatic carbocycles. The van der Waals surface area contributed by atoms with Gasteiger partial charge in [-0.2, -0.15) is 4.98 Å². The molecular weight excluding hydrogens is 357 g/mol. The molecule has 0 amide bonds. The highest BCUT2D eigenvalue weighted by Gasteiger charge is 2.33. The summed E-state index contributed by atoms with van der Waals surface area (Å²) in [5.41, 5.74) is 0. The van der Waals surface area contributed by atoms with E-state index in [0.29, 0.717) is 11.9 Å². The summed E-state index contributed by atoms with van der Waals surface area (Å²) in [6.07, 6.45) is 2.75. The SMILES string of the molecule is CCc1nc(CCNC(=NC)NC2CC2C)no1.I. The third-order valence-electron chi connectivity index (χ3n) is 3.11. The highest BCUT2D eigenvalue weighted by molar-refractivity contribution is 14.0. The number of nitrogens with one attached hydrogen (secondary N) is 2. The van der Waals surface area contributed by atoms with Gasteiger partial charge in [-0.15, -0.1) is 24.0 Å². The molecule has 2 N–H and O–H groups in total. The smallest absolute Gasteiger partial charge is 0.226 e. The fraction of sp³-hybridized carbons (Fsp3) is 0.750. The lowest BCUT2D eigenvalue weighted by atomic mass is 10.4. The zero-order valence-corrected chi connectivity index (χ0v) is 14.0. The molecule has 1 aromatic heterocycles. The van der Waals surface area contributed by atoms with Gasteiger partial charge in [-0.1, -0.05) is 19.0 Å². The molecule has 6 nitrogen and oxygen atoms in total. The summed E-state index contributed by atoms with van der Waals surface area (Å²) in [6.45, 7) is 4.98. The molecule has 0 spiro atoms. The predicted octanol–water partition coefficient (Wildman–Crippen LogP) is 1.37. The molecule has 0 aromatic carbocycles. The second-order valence-corrected chi connectivity index (χ2v) is 4.67. The van der Waals surface area contributed by atoms with Crippen LogP contribution in [0.1, 0.15) is 32.0 Å². The van der Waals surface area contributed by atoms with Crippen LogP contribution in [0.15, 0.2) is 9.52 Å². The van der Waals surface area contributed by atoms with E-state index in [2.05, 4.69) is 32.7 Å². The molecule has 7 heteroatoms. The normalized spacial score (nSPS) is 21.7. The molecule has 1 fully saturated rings. The van der Waals surface area contributed by atoms with Gasteiger partial charge in [0.25, 0.3) is 0 Å². The topological polar surface area (TPSA) is 75.3 Å². The summed E-state index contributed by atoms with van der Waals surface area (Å²) in [5.74, 6) is 3.05. The van der Waals surface area contributed by atoms with Gasteiger partial charge in [0.15, 0.2) is 11.8 Å². The lowest BCUT2D eigenvalue weighted by Gasteiger charge is -2.10. The van der Waals surface area contributed by atoms with Gasteiger partial charge in [-0.05, 0) is 12.3 Å². The van der Waals surface area contributed by atoms with Crippen molar-refractivity contribution in [2.75, 3.05) is 13.6 Å². The van der Waals surface area contributed by atoms with Crippen LogP contribution in [0.3, 0.4) is 0 Å². The molecule has 2 rings (SSSR count). The minimum atomic E-state index is 0. The Morgan fingerprint density at radius 3 is 2.79 bits per heavy atom. The van der Waals surface area contributed by atoms with E-state index in [0.717, 1.165) is 37.1 Å². The van der Waals surface area contributed by atoms with E-state index in [9.17, 15) is 0 Å². The first-order chi connectivity index (χ1) is 8.72. The maximum Gasteiger partial charge on any atom is 0.226 e. The van der Waals surface area contributed by atoms with Crippen molar-refractivity contribution in [3.8, 4) is 0 Å². The summed E-state index contributed by atoms with van der Waals surface area (Å²) in [5, 5.41) is 10.5. The number of guanidine groups is 1. The van der Waals surface area contributed by atoms with Crippen molar-refractivity contribution in [2.45, 2.75) is 39.2 Å². The van der Waals surface area contributed by atoms with Crippen LogP contribution in [0.25, 0.3) is 0 Å². The first-order valence-electron chi connectivity index (χ1n) is 6.51. The van der Waals surface area contributed by atoms with Gasteiger partial charge in [0, 0.05) is 32.5 Å². The Morgan fingerprint density at radius 2 is 2.26 bits per heavy atom. The number of aryl methyl sites for hydroxylation is 1. The van der Waals surface area contributed by atoms with Crippen LogP contribution in [0.5, 0.6) is 0 Å². The van der Waals surface area contributed by atoms with Crippen molar-refractivity contribution in [3.05, 3.63) is 11.7 Å². The summed E-state index contributed by atoms with van der Waals surface area (Å²) < 4.78 is 5.05. The van der Waals surface area contributed by atoms with E-state index in [-0.39, 0.29) is 24.0 Å². The maximum absolute atomic E-state index is 5.05. The molecule has 1 aromatic rings. The zero-order valence-electron chi connectivity index (χ0n) is 11.6. The highest BCUT2D eigenvalue weighted by Crippen LogP contribution is 2.28. The lowest BCUT2D eigenvalue weighted by molar-refractivity contribution is 0.376. The van der Waals surface area contributed by atoms with Crippen LogP contribution in [0.4, 0.5) is 0 Å². The third-order valence-corrected chi connectivity index (χ3v) is 3.11. The van der Waals surface area contributed by atoms with E-state index in [1.807, 2.05) is 6.92 Å². The van der Waals surface area contributed by atoms with Crippen LogP contribution < -0.4 is 10.6 Å². The number of halogens is 1. The molecule has 0 radical (unpaired) electrons. The van der Waals surface area contributed by atoms with Crippen LogP contribution >= 0.6 is 24.0 Å². The highest BCUT2D eigenvalue weighted by atomic mass is 127. The average Bonchev–Trinajstić information content (AvgIpc) is 2.90. The number of nitrogens with zero attached hydrogens (tertiary/aromatic N) is 3. The van der Waals surface area contributed by atoms with Gasteiger partial charge >= 0.3 is 0 Å². The summed E-state index contributed by atoms with van der Waals surface area (Å²) >= 11 is 0. The number of hydrogen-bond acceptors (Lipinski definition) is 4. The van der Waals surface area contributed by atoms with Crippen LogP contribution in [0, 0.1) is 5.92 Å². The van der Waals surface area contributed by atoms with Crippen molar-refractivity contribution in [2.24, 2.45) is 10.9 Å². The van der Waals surface area contributed by atoms with Crippen LogP contribution in [-0.2, 0) is 12.8 Å². The molecule has 0 aliphatic heterocycles. The van der Waals surface area contributed by atoms with Gasteiger partial charge in [0.2, 0.25) is 5.89 Å². The van der Waals surface area contributed by atoms with Gasteiger partial charge in [-0.3, -0.25) is 4.99 Å². The number of aliphatic imine (C=N–C) groups is 1. The van der Waals surface area contributed by atoms with E-state index in [4.69, 9.17) is 4.52 Å². The largest absolute Gasteiger partial charge is 0.356 e.